The second-order valence-electron chi connectivity index (χ2n) is 5.72. The Kier molecular flexibility index (Phi) is 7.50. The van der Waals surface area contributed by atoms with Crippen molar-refractivity contribution >= 4 is 12.2 Å². The van der Waals surface area contributed by atoms with E-state index in [9.17, 15) is 4.79 Å². The van der Waals surface area contributed by atoms with Gasteiger partial charge in [-0.1, -0.05) is 47.1 Å². The van der Waals surface area contributed by atoms with Gasteiger partial charge in [-0.05, 0) is 43.0 Å². The molecule has 0 amide bonds. The number of hydrogen-bond donors (Lipinski definition) is 1. The van der Waals surface area contributed by atoms with Crippen LogP contribution in [0.3, 0.4) is 0 Å². The van der Waals surface area contributed by atoms with Crippen LogP contribution in [-0.2, 0) is 22.5 Å². The lowest BCUT2D eigenvalue weighted by Crippen LogP contribution is -2.09. The smallest absolute Gasteiger partial charge is 0.341 e. The van der Waals surface area contributed by atoms with Crippen molar-refractivity contribution in [1.82, 2.24) is 0 Å². The largest absolute Gasteiger partial charge is 0.482 e. The quantitative estimate of drug-likeness (QED) is 0.407. The van der Waals surface area contributed by atoms with Crippen LogP contribution in [0.15, 0.2) is 53.7 Å². The van der Waals surface area contributed by atoms with Gasteiger partial charge in [-0.3, -0.25) is 0 Å². The Morgan fingerprint density at radius 1 is 1.04 bits per heavy atom. The van der Waals surface area contributed by atoms with E-state index in [-0.39, 0.29) is 6.61 Å². The molecule has 5 nitrogen and oxygen atoms in total. The number of aliphatic carboxylic acids is 1. The molecule has 0 unspecified atom stereocenters. The zero-order chi connectivity index (χ0) is 17.9. The van der Waals surface area contributed by atoms with Gasteiger partial charge in [0.2, 0.25) is 0 Å². The third-order valence-corrected chi connectivity index (χ3v) is 3.60. The Bertz CT molecular complexity index is 678. The summed E-state index contributed by atoms with van der Waals surface area (Å²) in [5.41, 5.74) is 3.63. The summed E-state index contributed by atoms with van der Waals surface area (Å²) in [6.07, 6.45) is 4.23. The normalized spacial score (nSPS) is 10.8. The van der Waals surface area contributed by atoms with Gasteiger partial charge in [0.25, 0.3) is 0 Å². The molecule has 0 radical (unpaired) electrons. The van der Waals surface area contributed by atoms with Crippen LogP contribution in [0.1, 0.15) is 23.1 Å². The molecular formula is C20H23NO4. The molecule has 0 aliphatic carbocycles. The maximum absolute atomic E-state index is 10.4. The molecule has 1 N–H and O–H groups in total. The van der Waals surface area contributed by atoms with Crippen molar-refractivity contribution in [1.29, 1.82) is 0 Å². The predicted molar refractivity (Wildman–Crippen MR) is 97.2 cm³/mol. The molecule has 0 aliphatic heterocycles. The number of oxime groups is 1. The average Bonchev–Trinajstić information content (AvgIpc) is 2.61. The highest BCUT2D eigenvalue weighted by molar-refractivity contribution is 5.68. The molecule has 0 aromatic heterocycles. The highest BCUT2D eigenvalue weighted by atomic mass is 16.6. The lowest BCUT2D eigenvalue weighted by molar-refractivity contribution is -0.139. The molecule has 5 heteroatoms. The van der Waals surface area contributed by atoms with E-state index >= 15 is 0 Å². The molecule has 0 aliphatic rings. The molecular weight excluding hydrogens is 318 g/mol. The van der Waals surface area contributed by atoms with Crippen LogP contribution >= 0.6 is 0 Å². The molecule has 0 saturated carbocycles. The van der Waals surface area contributed by atoms with Crippen LogP contribution in [0.4, 0.5) is 0 Å². The third kappa shape index (κ3) is 7.52. The molecule has 0 fully saturated rings. The van der Waals surface area contributed by atoms with E-state index in [0.29, 0.717) is 12.4 Å². The number of carbonyl (C=O) groups is 1. The van der Waals surface area contributed by atoms with Crippen molar-refractivity contribution in [2.24, 2.45) is 5.16 Å². The van der Waals surface area contributed by atoms with E-state index in [2.05, 4.69) is 36.3 Å². The minimum absolute atomic E-state index is 0.327. The summed E-state index contributed by atoms with van der Waals surface area (Å²) in [6, 6.07) is 15.8. The number of rotatable bonds is 10. The first kappa shape index (κ1) is 18.5. The number of benzene rings is 2. The van der Waals surface area contributed by atoms with Crippen LogP contribution in [0.5, 0.6) is 5.75 Å². The van der Waals surface area contributed by atoms with Crippen LogP contribution in [-0.4, -0.2) is 30.5 Å². The molecule has 0 atom stereocenters. The van der Waals surface area contributed by atoms with Gasteiger partial charge in [0.1, 0.15) is 12.4 Å². The van der Waals surface area contributed by atoms with Crippen LogP contribution < -0.4 is 4.74 Å². The monoisotopic (exact) mass is 341 g/mol. The highest BCUT2D eigenvalue weighted by Gasteiger charge is 1.99. The Labute approximate surface area is 147 Å². The van der Waals surface area contributed by atoms with Crippen molar-refractivity contribution in [3.8, 4) is 5.75 Å². The lowest BCUT2D eigenvalue weighted by atomic mass is 10.1. The standard InChI is InChI=1S/C20H23NO4/c1-16-4-6-18(7-5-16)12-14-25-21-13-2-3-17-8-10-19(11-9-17)24-15-20(22)23/h4-11,13H,2-3,12,14-15H2,1H3,(H,22,23). The van der Waals surface area contributed by atoms with Crippen molar-refractivity contribution in [2.75, 3.05) is 13.2 Å². The van der Waals surface area contributed by atoms with Gasteiger partial charge in [0.05, 0.1) is 0 Å². The summed E-state index contributed by atoms with van der Waals surface area (Å²) in [5.74, 6) is -0.429. The molecule has 0 bridgehead atoms. The maximum atomic E-state index is 10.4. The minimum atomic E-state index is -0.984. The third-order valence-electron chi connectivity index (χ3n) is 3.60. The van der Waals surface area contributed by atoms with Crippen LogP contribution in [0, 0.1) is 6.92 Å². The predicted octanol–water partition coefficient (Wildman–Crippen LogP) is 3.64. The molecule has 0 heterocycles. The molecule has 2 rings (SSSR count). The fourth-order valence-corrected chi connectivity index (χ4v) is 2.20. The Balaban J connectivity index is 1.60. The van der Waals surface area contributed by atoms with E-state index in [1.54, 1.807) is 18.3 Å². The van der Waals surface area contributed by atoms with Crippen molar-refractivity contribution in [2.45, 2.75) is 26.2 Å². The fraction of sp³-hybridized carbons (Fsp3) is 0.300. The molecule has 0 spiro atoms. The second-order valence-corrected chi connectivity index (χ2v) is 5.72. The van der Waals surface area contributed by atoms with Crippen molar-refractivity contribution < 1.29 is 19.5 Å². The van der Waals surface area contributed by atoms with Gasteiger partial charge in [0.15, 0.2) is 6.61 Å². The average molecular weight is 341 g/mol. The van der Waals surface area contributed by atoms with Gasteiger partial charge in [-0.25, -0.2) is 4.79 Å². The Morgan fingerprint density at radius 2 is 1.68 bits per heavy atom. The maximum Gasteiger partial charge on any atom is 0.341 e. The number of carboxylic acids is 1. The number of ether oxygens (including phenoxy) is 1. The van der Waals surface area contributed by atoms with Crippen LogP contribution in [0.25, 0.3) is 0 Å². The van der Waals surface area contributed by atoms with Gasteiger partial charge < -0.3 is 14.7 Å². The van der Waals surface area contributed by atoms with Crippen molar-refractivity contribution in [3.05, 3.63) is 65.2 Å². The van der Waals surface area contributed by atoms with E-state index < -0.39 is 5.97 Å². The highest BCUT2D eigenvalue weighted by Crippen LogP contribution is 2.13. The lowest BCUT2D eigenvalue weighted by Gasteiger charge is -2.04. The zero-order valence-corrected chi connectivity index (χ0v) is 14.4. The fourth-order valence-electron chi connectivity index (χ4n) is 2.20. The summed E-state index contributed by atoms with van der Waals surface area (Å²) in [4.78, 5) is 15.7. The number of nitrogens with zero attached hydrogens (tertiary/aromatic N) is 1. The Hall–Kier alpha value is -2.82. The summed E-state index contributed by atoms with van der Waals surface area (Å²) in [6.45, 7) is 2.31. The SMILES string of the molecule is Cc1ccc(CCON=CCCc2ccc(OCC(=O)O)cc2)cc1. The van der Waals surface area contributed by atoms with Gasteiger partial charge in [-0.2, -0.15) is 0 Å². The van der Waals surface area contributed by atoms with Crippen molar-refractivity contribution in [3.63, 3.8) is 0 Å². The Morgan fingerprint density at radius 3 is 2.36 bits per heavy atom. The first-order valence-electron chi connectivity index (χ1n) is 8.26. The second kappa shape index (κ2) is 10.1. The van der Waals surface area contributed by atoms with Crippen LogP contribution in [0.2, 0.25) is 0 Å². The molecule has 132 valence electrons. The van der Waals surface area contributed by atoms with Gasteiger partial charge in [-0.15, -0.1) is 0 Å². The topological polar surface area (TPSA) is 68.1 Å². The summed E-state index contributed by atoms with van der Waals surface area (Å²) >= 11 is 0. The van der Waals surface area contributed by atoms with Gasteiger partial charge in [0, 0.05) is 12.6 Å². The number of carboxylic acid groups (broad SMARTS) is 1. The minimum Gasteiger partial charge on any atom is -0.482 e. The number of hydrogen-bond acceptors (Lipinski definition) is 4. The van der Waals surface area contributed by atoms with E-state index in [1.807, 2.05) is 12.1 Å². The van der Waals surface area contributed by atoms with Gasteiger partial charge >= 0.3 is 5.97 Å². The summed E-state index contributed by atoms with van der Waals surface area (Å²) < 4.78 is 5.09. The van der Waals surface area contributed by atoms with E-state index in [0.717, 1.165) is 24.8 Å². The first-order chi connectivity index (χ1) is 12.1. The molecule has 25 heavy (non-hydrogen) atoms. The molecule has 0 saturated heterocycles. The summed E-state index contributed by atoms with van der Waals surface area (Å²) in [5, 5.41) is 12.5. The first-order valence-corrected chi connectivity index (χ1v) is 8.26. The zero-order valence-electron chi connectivity index (χ0n) is 14.4. The van der Waals surface area contributed by atoms with E-state index in [1.165, 1.54) is 11.1 Å². The molecule has 2 aromatic rings. The van der Waals surface area contributed by atoms with E-state index in [4.69, 9.17) is 14.7 Å². The number of aryl methyl sites for hydroxylation is 2. The molecule has 2 aromatic carbocycles. The summed E-state index contributed by atoms with van der Waals surface area (Å²) in [7, 11) is 0.